The molecule has 0 unspecified atom stereocenters. The molecule has 1 amide bonds. The molecule has 3 atom stereocenters. The smallest absolute Gasteiger partial charge is 0.238 e. The number of hydrogen-bond donors (Lipinski definition) is 1. The first-order chi connectivity index (χ1) is 11.7. The van der Waals surface area contributed by atoms with Gasteiger partial charge in [0.25, 0.3) is 0 Å². The minimum Gasteiger partial charge on any atom is -0.352 e. The molecule has 0 heterocycles. The maximum Gasteiger partial charge on any atom is 0.238 e. The third-order valence-electron chi connectivity index (χ3n) is 5.36. The van der Waals surface area contributed by atoms with Crippen LogP contribution in [0.5, 0.6) is 0 Å². The van der Waals surface area contributed by atoms with Gasteiger partial charge in [-0.2, -0.15) is 0 Å². The van der Waals surface area contributed by atoms with Crippen molar-refractivity contribution >= 4 is 15.7 Å². The van der Waals surface area contributed by atoms with E-state index >= 15 is 0 Å². The second-order valence-corrected chi connectivity index (χ2v) is 10.0. The van der Waals surface area contributed by atoms with Gasteiger partial charge < -0.3 is 5.32 Å². The average molecular weight is 366 g/mol. The number of nitrogens with one attached hydrogen (secondary N) is 1. The average Bonchev–Trinajstić information content (AvgIpc) is 2.56. The standard InChI is InChI=1S/C20H31NO3S/c1-14(2)18-11-9-17(10-12-18)13-25(23,24)16(4)20(22)21-19-8-6-5-7-15(19)3/h9-12,14-16,19H,5-8,13H2,1-4H3,(H,21,22)/t15-,16+,19-/m0/s1. The van der Waals surface area contributed by atoms with Crippen LogP contribution >= 0.6 is 0 Å². The third-order valence-corrected chi connectivity index (χ3v) is 7.39. The first-order valence-electron chi connectivity index (χ1n) is 9.31. The van der Waals surface area contributed by atoms with E-state index in [0.717, 1.165) is 24.8 Å². The summed E-state index contributed by atoms with van der Waals surface area (Å²) in [4.78, 5) is 12.4. The molecule has 1 fully saturated rings. The number of carbonyl (C=O) groups is 1. The molecule has 0 radical (unpaired) electrons. The normalized spacial score (nSPS) is 22.6. The molecule has 1 N–H and O–H groups in total. The minimum absolute atomic E-state index is 0.0970. The Bertz CT molecular complexity index is 679. The lowest BCUT2D eigenvalue weighted by molar-refractivity contribution is -0.121. The Hall–Kier alpha value is -1.36. The van der Waals surface area contributed by atoms with Crippen molar-refractivity contribution in [2.75, 3.05) is 0 Å². The molecule has 0 bridgehead atoms. The van der Waals surface area contributed by atoms with Crippen molar-refractivity contribution in [3.05, 3.63) is 35.4 Å². The Morgan fingerprint density at radius 3 is 2.28 bits per heavy atom. The van der Waals surface area contributed by atoms with E-state index in [1.54, 1.807) is 0 Å². The zero-order chi connectivity index (χ0) is 18.6. The molecule has 1 saturated carbocycles. The van der Waals surface area contributed by atoms with Crippen molar-refractivity contribution in [3.8, 4) is 0 Å². The van der Waals surface area contributed by atoms with E-state index < -0.39 is 15.1 Å². The number of sulfone groups is 1. The second kappa shape index (κ2) is 8.35. The summed E-state index contributed by atoms with van der Waals surface area (Å²) in [5, 5.41) is 1.94. The Morgan fingerprint density at radius 1 is 1.12 bits per heavy atom. The molecule has 1 aliphatic carbocycles. The Balaban J connectivity index is 2.00. The Labute approximate surface area is 152 Å². The lowest BCUT2D eigenvalue weighted by Crippen LogP contribution is -2.47. The molecule has 4 nitrogen and oxygen atoms in total. The van der Waals surface area contributed by atoms with Crippen molar-refractivity contribution in [3.63, 3.8) is 0 Å². The van der Waals surface area contributed by atoms with Crippen molar-refractivity contribution < 1.29 is 13.2 Å². The molecule has 25 heavy (non-hydrogen) atoms. The van der Waals surface area contributed by atoms with E-state index in [1.807, 2.05) is 24.3 Å². The van der Waals surface area contributed by atoms with E-state index in [2.05, 4.69) is 26.1 Å². The Morgan fingerprint density at radius 2 is 1.72 bits per heavy atom. The largest absolute Gasteiger partial charge is 0.352 e. The fourth-order valence-corrected chi connectivity index (χ4v) is 4.65. The van der Waals surface area contributed by atoms with E-state index in [9.17, 15) is 13.2 Å². The van der Waals surface area contributed by atoms with Crippen LogP contribution in [0.15, 0.2) is 24.3 Å². The van der Waals surface area contributed by atoms with Gasteiger partial charge in [0.15, 0.2) is 9.84 Å². The van der Waals surface area contributed by atoms with Gasteiger partial charge >= 0.3 is 0 Å². The van der Waals surface area contributed by atoms with Crippen LogP contribution in [0.2, 0.25) is 0 Å². The van der Waals surface area contributed by atoms with E-state index in [1.165, 1.54) is 18.9 Å². The van der Waals surface area contributed by atoms with Crippen molar-refractivity contribution in [2.24, 2.45) is 5.92 Å². The van der Waals surface area contributed by atoms with Crippen LogP contribution in [0, 0.1) is 5.92 Å². The van der Waals surface area contributed by atoms with Crippen LogP contribution in [0.3, 0.4) is 0 Å². The molecule has 2 rings (SSSR count). The molecule has 0 aliphatic heterocycles. The zero-order valence-corrected chi connectivity index (χ0v) is 16.6. The molecule has 5 heteroatoms. The zero-order valence-electron chi connectivity index (χ0n) is 15.8. The summed E-state index contributed by atoms with van der Waals surface area (Å²) >= 11 is 0. The summed E-state index contributed by atoms with van der Waals surface area (Å²) in [6.45, 7) is 7.83. The number of rotatable bonds is 6. The van der Waals surface area contributed by atoms with Gasteiger partial charge in [-0.25, -0.2) is 8.42 Å². The minimum atomic E-state index is -3.53. The predicted octanol–water partition coefficient (Wildman–Crippen LogP) is 3.81. The van der Waals surface area contributed by atoms with Gasteiger partial charge in [0, 0.05) is 6.04 Å². The molecular formula is C20H31NO3S. The topological polar surface area (TPSA) is 63.2 Å². The summed E-state index contributed by atoms with van der Waals surface area (Å²) in [5.74, 6) is 0.363. The lowest BCUT2D eigenvalue weighted by Gasteiger charge is -2.30. The quantitative estimate of drug-likeness (QED) is 0.834. The molecule has 0 spiro atoms. The maximum atomic E-state index is 12.6. The van der Waals surface area contributed by atoms with Crippen LogP contribution in [0.25, 0.3) is 0 Å². The van der Waals surface area contributed by atoms with Gasteiger partial charge in [0.2, 0.25) is 5.91 Å². The molecule has 0 aromatic heterocycles. The fraction of sp³-hybridized carbons (Fsp3) is 0.650. The van der Waals surface area contributed by atoms with Crippen molar-refractivity contribution in [1.29, 1.82) is 0 Å². The van der Waals surface area contributed by atoms with Crippen LogP contribution in [0.4, 0.5) is 0 Å². The molecular weight excluding hydrogens is 334 g/mol. The molecule has 1 aromatic carbocycles. The number of carbonyl (C=O) groups excluding carboxylic acids is 1. The number of benzene rings is 1. The van der Waals surface area contributed by atoms with Gasteiger partial charge in [-0.15, -0.1) is 0 Å². The summed E-state index contributed by atoms with van der Waals surface area (Å²) in [6.07, 6.45) is 4.32. The van der Waals surface area contributed by atoms with E-state index in [0.29, 0.717) is 11.8 Å². The second-order valence-electron chi connectivity index (χ2n) is 7.72. The summed E-state index contributed by atoms with van der Waals surface area (Å²) in [7, 11) is -3.53. The summed E-state index contributed by atoms with van der Waals surface area (Å²) < 4.78 is 25.2. The van der Waals surface area contributed by atoms with Gasteiger partial charge in [-0.3, -0.25) is 4.79 Å². The summed E-state index contributed by atoms with van der Waals surface area (Å²) in [5.41, 5.74) is 1.91. The van der Waals surface area contributed by atoms with E-state index in [-0.39, 0.29) is 17.7 Å². The molecule has 1 aromatic rings. The van der Waals surface area contributed by atoms with Crippen LogP contribution in [-0.2, 0) is 20.4 Å². The highest BCUT2D eigenvalue weighted by Gasteiger charge is 2.31. The van der Waals surface area contributed by atoms with Crippen LogP contribution in [0.1, 0.15) is 70.4 Å². The molecule has 1 aliphatic rings. The van der Waals surface area contributed by atoms with Crippen LogP contribution < -0.4 is 5.32 Å². The highest BCUT2D eigenvalue weighted by molar-refractivity contribution is 7.92. The lowest BCUT2D eigenvalue weighted by atomic mass is 9.86. The number of amides is 1. The van der Waals surface area contributed by atoms with Crippen LogP contribution in [-0.4, -0.2) is 25.6 Å². The first-order valence-corrected chi connectivity index (χ1v) is 11.0. The Kier molecular flexibility index (Phi) is 6.66. The predicted molar refractivity (Wildman–Crippen MR) is 102 cm³/mol. The van der Waals surface area contributed by atoms with Gasteiger partial charge in [-0.1, -0.05) is 57.9 Å². The fourth-order valence-electron chi connectivity index (χ4n) is 3.35. The van der Waals surface area contributed by atoms with Crippen molar-refractivity contribution in [2.45, 2.75) is 76.3 Å². The SMILES string of the molecule is CC(C)c1ccc(CS(=O)(=O)[C@H](C)C(=O)N[C@H]2CCCC[C@@H]2C)cc1. The highest BCUT2D eigenvalue weighted by Crippen LogP contribution is 2.24. The van der Waals surface area contributed by atoms with E-state index in [4.69, 9.17) is 0 Å². The maximum absolute atomic E-state index is 12.6. The monoisotopic (exact) mass is 365 g/mol. The summed E-state index contributed by atoms with van der Waals surface area (Å²) in [6, 6.07) is 7.72. The molecule has 140 valence electrons. The van der Waals surface area contributed by atoms with Crippen molar-refractivity contribution in [1.82, 2.24) is 5.32 Å². The first kappa shape index (κ1) is 20.0. The third kappa shape index (κ3) is 5.30. The number of hydrogen-bond acceptors (Lipinski definition) is 3. The van der Waals surface area contributed by atoms with Gasteiger partial charge in [-0.05, 0) is 42.7 Å². The molecule has 0 saturated heterocycles. The highest BCUT2D eigenvalue weighted by atomic mass is 32.2. The van der Waals surface area contributed by atoms with Gasteiger partial charge in [0.1, 0.15) is 5.25 Å². The van der Waals surface area contributed by atoms with Gasteiger partial charge in [0.05, 0.1) is 5.75 Å².